The number of rotatable bonds is 3. The second-order valence-electron chi connectivity index (χ2n) is 7.81. The number of para-hydroxylation sites is 2. The number of aromatic amines is 2. The van der Waals surface area contributed by atoms with Gasteiger partial charge < -0.3 is 9.97 Å². The van der Waals surface area contributed by atoms with E-state index in [4.69, 9.17) is 0 Å². The molecule has 0 atom stereocenters. The minimum Gasteiger partial charge on any atom is -0.361 e. The van der Waals surface area contributed by atoms with Gasteiger partial charge in [0.05, 0.1) is 11.1 Å². The van der Waals surface area contributed by atoms with Crippen molar-refractivity contribution >= 4 is 21.8 Å². The minimum atomic E-state index is -4.98. The third-order valence-electron chi connectivity index (χ3n) is 5.86. The molecule has 0 unspecified atom stereocenters. The predicted molar refractivity (Wildman–Crippen MR) is 114 cm³/mol. The van der Waals surface area contributed by atoms with Crippen LogP contribution < -0.4 is 0 Å². The second kappa shape index (κ2) is 7.43. The first-order valence-electron chi connectivity index (χ1n) is 10.0. The van der Waals surface area contributed by atoms with Crippen LogP contribution in [0.25, 0.3) is 21.8 Å². The molecule has 0 amide bonds. The standard InChI is InChI=1S/C25H16F6N2/c26-24(27,28)14-9-10-17(20(11-14)25(29,30)31)23(18-12-32-21-7-3-1-5-15(18)21)19-13-33-22-8-4-2-6-16(19)22/h1-13,23,32-33H. The Morgan fingerprint density at radius 1 is 0.576 bits per heavy atom. The van der Waals surface area contributed by atoms with Crippen molar-refractivity contribution in [2.24, 2.45) is 0 Å². The van der Waals surface area contributed by atoms with E-state index in [1.54, 1.807) is 60.9 Å². The molecule has 5 rings (SSSR count). The maximum absolute atomic E-state index is 14.1. The molecule has 33 heavy (non-hydrogen) atoms. The molecule has 8 heteroatoms. The van der Waals surface area contributed by atoms with Gasteiger partial charge in [-0.05, 0) is 41.0 Å². The van der Waals surface area contributed by atoms with E-state index in [2.05, 4.69) is 9.97 Å². The minimum absolute atomic E-state index is 0.200. The number of alkyl halides is 6. The van der Waals surface area contributed by atoms with Crippen LogP contribution in [0, 0.1) is 0 Å². The third kappa shape index (κ3) is 3.65. The highest BCUT2D eigenvalue weighted by molar-refractivity contribution is 5.89. The van der Waals surface area contributed by atoms with Gasteiger partial charge in [0.25, 0.3) is 0 Å². The van der Waals surface area contributed by atoms with E-state index < -0.39 is 29.4 Å². The van der Waals surface area contributed by atoms with Gasteiger partial charge in [0.15, 0.2) is 0 Å². The predicted octanol–water partition coefficient (Wildman–Crippen LogP) is 7.87. The molecule has 0 aliphatic carbocycles. The molecule has 168 valence electrons. The normalized spacial score (nSPS) is 12.8. The number of H-pyrrole nitrogens is 2. The van der Waals surface area contributed by atoms with Gasteiger partial charge in [-0.1, -0.05) is 42.5 Å². The molecule has 5 aromatic rings. The highest BCUT2D eigenvalue weighted by atomic mass is 19.4. The Hall–Kier alpha value is -3.68. The first-order chi connectivity index (χ1) is 15.6. The molecule has 0 fully saturated rings. The molecule has 0 aliphatic heterocycles. The zero-order valence-electron chi connectivity index (χ0n) is 16.9. The molecule has 2 nitrogen and oxygen atoms in total. The topological polar surface area (TPSA) is 31.6 Å². The van der Waals surface area contributed by atoms with Crippen molar-refractivity contribution in [2.75, 3.05) is 0 Å². The van der Waals surface area contributed by atoms with Crippen LogP contribution in [0.2, 0.25) is 0 Å². The van der Waals surface area contributed by atoms with Gasteiger partial charge in [-0.2, -0.15) is 26.3 Å². The molecule has 0 bridgehead atoms. The Morgan fingerprint density at radius 3 is 1.58 bits per heavy atom. The van der Waals surface area contributed by atoms with Gasteiger partial charge in [0.2, 0.25) is 0 Å². The maximum Gasteiger partial charge on any atom is 0.416 e. The van der Waals surface area contributed by atoms with Gasteiger partial charge in [-0.25, -0.2) is 0 Å². The van der Waals surface area contributed by atoms with E-state index in [9.17, 15) is 26.3 Å². The Morgan fingerprint density at radius 2 is 1.09 bits per heavy atom. The molecule has 3 aromatic carbocycles. The first-order valence-corrected chi connectivity index (χ1v) is 10.0. The lowest BCUT2D eigenvalue weighted by Gasteiger charge is -2.23. The van der Waals surface area contributed by atoms with E-state index in [1.807, 2.05) is 0 Å². The lowest BCUT2D eigenvalue weighted by Crippen LogP contribution is -2.16. The average Bonchev–Trinajstić information content (AvgIpc) is 3.38. The molecule has 2 aromatic heterocycles. The fourth-order valence-corrected chi connectivity index (χ4v) is 4.40. The van der Waals surface area contributed by atoms with Crippen LogP contribution in [-0.2, 0) is 12.4 Å². The van der Waals surface area contributed by atoms with E-state index in [1.165, 1.54) is 0 Å². The van der Waals surface area contributed by atoms with Crippen molar-refractivity contribution in [3.8, 4) is 0 Å². The monoisotopic (exact) mass is 458 g/mol. The smallest absolute Gasteiger partial charge is 0.361 e. The number of hydrogen-bond acceptors (Lipinski definition) is 0. The van der Waals surface area contributed by atoms with Crippen molar-refractivity contribution < 1.29 is 26.3 Å². The van der Waals surface area contributed by atoms with Crippen LogP contribution >= 0.6 is 0 Å². The summed E-state index contributed by atoms with van der Waals surface area (Å²) in [6, 6.07) is 16.1. The lowest BCUT2D eigenvalue weighted by molar-refractivity contribution is -0.143. The fourth-order valence-electron chi connectivity index (χ4n) is 4.40. The zero-order chi connectivity index (χ0) is 23.4. The summed E-state index contributed by atoms with van der Waals surface area (Å²) in [6.45, 7) is 0. The van der Waals surface area contributed by atoms with Gasteiger partial charge >= 0.3 is 12.4 Å². The van der Waals surface area contributed by atoms with E-state index in [0.717, 1.165) is 17.1 Å². The molecule has 0 saturated heterocycles. The van der Waals surface area contributed by atoms with Crippen molar-refractivity contribution in [3.63, 3.8) is 0 Å². The highest BCUT2D eigenvalue weighted by Gasteiger charge is 2.40. The van der Waals surface area contributed by atoms with E-state index >= 15 is 0 Å². The molecule has 0 aliphatic rings. The molecular weight excluding hydrogens is 442 g/mol. The highest BCUT2D eigenvalue weighted by Crippen LogP contribution is 2.45. The van der Waals surface area contributed by atoms with Crippen LogP contribution in [0.3, 0.4) is 0 Å². The Balaban J connectivity index is 1.84. The van der Waals surface area contributed by atoms with Crippen LogP contribution in [0.15, 0.2) is 79.1 Å². The van der Waals surface area contributed by atoms with Crippen LogP contribution in [-0.4, -0.2) is 9.97 Å². The number of halogens is 6. The summed E-state index contributed by atoms with van der Waals surface area (Å²) in [5.74, 6) is -0.962. The summed E-state index contributed by atoms with van der Waals surface area (Å²) in [5.41, 5.74) is -0.366. The molecular formula is C25H16F6N2. The molecule has 2 N–H and O–H groups in total. The van der Waals surface area contributed by atoms with Crippen molar-refractivity contribution in [1.29, 1.82) is 0 Å². The molecule has 2 heterocycles. The van der Waals surface area contributed by atoms with Gasteiger partial charge in [-0.3, -0.25) is 0 Å². The quantitative estimate of drug-likeness (QED) is 0.258. The lowest BCUT2D eigenvalue weighted by atomic mass is 9.82. The maximum atomic E-state index is 14.1. The SMILES string of the molecule is FC(F)(F)c1ccc(C(c2c[nH]c3ccccc23)c2c[nH]c3ccccc23)c(C(F)(F)F)c1. The van der Waals surface area contributed by atoms with Crippen molar-refractivity contribution in [1.82, 2.24) is 9.97 Å². The summed E-state index contributed by atoms with van der Waals surface area (Å²) >= 11 is 0. The van der Waals surface area contributed by atoms with Gasteiger partial charge in [0, 0.05) is 40.1 Å². The molecule has 0 saturated carbocycles. The third-order valence-corrected chi connectivity index (χ3v) is 5.86. The van der Waals surface area contributed by atoms with Crippen LogP contribution in [0.1, 0.15) is 33.7 Å². The van der Waals surface area contributed by atoms with Crippen molar-refractivity contribution in [2.45, 2.75) is 18.3 Å². The van der Waals surface area contributed by atoms with Crippen molar-refractivity contribution in [3.05, 3.63) is 107 Å². The summed E-state index contributed by atoms with van der Waals surface area (Å²) in [7, 11) is 0. The largest absolute Gasteiger partial charge is 0.416 e. The summed E-state index contributed by atoms with van der Waals surface area (Å²) in [6.07, 6.45) is -6.63. The van der Waals surface area contributed by atoms with Crippen LogP contribution in [0.5, 0.6) is 0 Å². The summed E-state index contributed by atoms with van der Waals surface area (Å²) < 4.78 is 82.1. The Bertz CT molecular complexity index is 1380. The number of hydrogen-bond donors (Lipinski definition) is 2. The molecule has 0 spiro atoms. The fraction of sp³-hybridized carbons (Fsp3) is 0.120. The molecule has 0 radical (unpaired) electrons. The zero-order valence-corrected chi connectivity index (χ0v) is 16.9. The average molecular weight is 458 g/mol. The second-order valence-corrected chi connectivity index (χ2v) is 7.81. The van der Waals surface area contributed by atoms with Crippen LogP contribution in [0.4, 0.5) is 26.3 Å². The number of fused-ring (bicyclic) bond motifs is 2. The summed E-state index contributed by atoms with van der Waals surface area (Å²) in [4.78, 5) is 6.14. The number of aromatic nitrogens is 2. The van der Waals surface area contributed by atoms with Gasteiger partial charge in [-0.15, -0.1) is 0 Å². The number of nitrogens with one attached hydrogen (secondary N) is 2. The Labute approximate surface area is 183 Å². The first kappa shape index (κ1) is 21.2. The van der Waals surface area contributed by atoms with E-state index in [0.29, 0.717) is 28.0 Å². The van der Waals surface area contributed by atoms with E-state index in [-0.39, 0.29) is 11.6 Å². The Kier molecular flexibility index (Phi) is 4.77. The van der Waals surface area contributed by atoms with Gasteiger partial charge in [0.1, 0.15) is 0 Å². The summed E-state index contributed by atoms with van der Waals surface area (Å²) in [5, 5.41) is 1.39. The number of benzene rings is 3.